The van der Waals surface area contributed by atoms with Gasteiger partial charge in [0.2, 0.25) is 0 Å². The van der Waals surface area contributed by atoms with Gasteiger partial charge in [-0.25, -0.2) is 0 Å². The first-order valence-corrected chi connectivity index (χ1v) is 7.79. The van der Waals surface area contributed by atoms with Gasteiger partial charge in [-0.3, -0.25) is 4.98 Å². The average molecular weight is 323 g/mol. The van der Waals surface area contributed by atoms with Crippen LogP contribution in [0.4, 0.5) is 0 Å². The third-order valence-electron chi connectivity index (χ3n) is 3.65. The van der Waals surface area contributed by atoms with Crippen LogP contribution in [-0.4, -0.2) is 22.4 Å². The number of benzene rings is 2. The van der Waals surface area contributed by atoms with Crippen molar-refractivity contribution in [3.05, 3.63) is 65.9 Å². The van der Waals surface area contributed by atoms with Crippen LogP contribution in [0.5, 0.6) is 11.5 Å². The van der Waals surface area contributed by atoms with Crippen LogP contribution in [0.2, 0.25) is 0 Å². The Morgan fingerprint density at radius 1 is 1.04 bits per heavy atom. The summed E-state index contributed by atoms with van der Waals surface area (Å²) in [6.45, 7) is 2.47. The number of aromatic nitrogens is 1. The van der Waals surface area contributed by atoms with Crippen LogP contribution < -0.4 is 9.39 Å². The van der Waals surface area contributed by atoms with Gasteiger partial charge >= 0.3 is 7.32 Å². The van der Waals surface area contributed by atoms with Crippen LogP contribution in [0.25, 0.3) is 10.9 Å². The number of pyridine rings is 1. The molecule has 0 saturated heterocycles. The summed E-state index contributed by atoms with van der Waals surface area (Å²) in [5, 5.41) is 18.5. The molecular formula is C18H18BNO4. The normalized spacial score (nSPS) is 10.6. The molecule has 3 aromatic rings. The summed E-state index contributed by atoms with van der Waals surface area (Å²) in [4.78, 5) is 4.60. The molecule has 1 aromatic heterocycles. The molecule has 6 heteroatoms. The van der Waals surface area contributed by atoms with Gasteiger partial charge in [0, 0.05) is 17.1 Å². The number of nitrogens with zero attached hydrogens (tertiary/aromatic N) is 1. The first-order chi connectivity index (χ1) is 11.7. The SMILES string of the molecule is CCc1cc(OCc2ccc(OB(O)O)cc2)c2ccccc2n1. The van der Waals surface area contributed by atoms with Crippen LogP contribution in [0, 0.1) is 0 Å². The Hall–Kier alpha value is -2.57. The third-order valence-corrected chi connectivity index (χ3v) is 3.65. The van der Waals surface area contributed by atoms with Gasteiger partial charge in [-0.05, 0) is 36.2 Å². The third kappa shape index (κ3) is 3.85. The summed E-state index contributed by atoms with van der Waals surface area (Å²) < 4.78 is 10.8. The first-order valence-electron chi connectivity index (χ1n) is 7.79. The first kappa shape index (κ1) is 16.3. The molecule has 24 heavy (non-hydrogen) atoms. The molecule has 0 atom stereocenters. The van der Waals surface area contributed by atoms with E-state index in [4.69, 9.17) is 19.4 Å². The lowest BCUT2D eigenvalue weighted by molar-refractivity contribution is 0.287. The van der Waals surface area contributed by atoms with E-state index < -0.39 is 7.32 Å². The minimum absolute atomic E-state index is 0.386. The summed E-state index contributed by atoms with van der Waals surface area (Å²) in [6.07, 6.45) is 0.844. The van der Waals surface area contributed by atoms with Crippen LogP contribution in [0.1, 0.15) is 18.2 Å². The van der Waals surface area contributed by atoms with Crippen LogP contribution in [0.3, 0.4) is 0 Å². The summed E-state index contributed by atoms with van der Waals surface area (Å²) in [5.74, 6) is 1.19. The Morgan fingerprint density at radius 3 is 2.50 bits per heavy atom. The minimum atomic E-state index is -1.82. The van der Waals surface area contributed by atoms with E-state index in [2.05, 4.69) is 11.9 Å². The fourth-order valence-electron chi connectivity index (χ4n) is 2.44. The highest BCUT2D eigenvalue weighted by Crippen LogP contribution is 2.26. The molecule has 5 nitrogen and oxygen atoms in total. The molecule has 0 saturated carbocycles. The predicted molar refractivity (Wildman–Crippen MR) is 92.7 cm³/mol. The maximum Gasteiger partial charge on any atom is 0.707 e. The summed E-state index contributed by atoms with van der Waals surface area (Å²) in [5.41, 5.74) is 2.87. The number of rotatable bonds is 6. The Morgan fingerprint density at radius 2 is 1.79 bits per heavy atom. The van der Waals surface area contributed by atoms with Gasteiger partial charge in [0.05, 0.1) is 5.52 Å². The van der Waals surface area contributed by atoms with Crippen molar-refractivity contribution < 1.29 is 19.4 Å². The standard InChI is InChI=1S/C18H18BNO4/c1-2-14-11-18(16-5-3-4-6-17(16)20-14)23-12-13-7-9-15(10-8-13)24-19(21)22/h3-11,21-22H,2,12H2,1H3. The topological polar surface area (TPSA) is 71.8 Å². The quantitative estimate of drug-likeness (QED) is 0.683. The zero-order valence-corrected chi connectivity index (χ0v) is 13.3. The van der Waals surface area contributed by atoms with E-state index in [0.29, 0.717) is 12.4 Å². The van der Waals surface area contributed by atoms with Crippen molar-refractivity contribution in [3.63, 3.8) is 0 Å². The van der Waals surface area contributed by atoms with Gasteiger partial charge in [-0.2, -0.15) is 0 Å². The van der Waals surface area contributed by atoms with Gasteiger partial charge in [0.15, 0.2) is 0 Å². The highest BCUT2D eigenvalue weighted by atomic mass is 16.6. The van der Waals surface area contributed by atoms with Gasteiger partial charge < -0.3 is 19.4 Å². The molecule has 0 aliphatic rings. The molecule has 0 bridgehead atoms. The van der Waals surface area contributed by atoms with E-state index >= 15 is 0 Å². The largest absolute Gasteiger partial charge is 0.707 e. The van der Waals surface area contributed by atoms with Gasteiger partial charge in [-0.15, -0.1) is 0 Å². The molecule has 0 aliphatic carbocycles. The van der Waals surface area contributed by atoms with E-state index in [1.165, 1.54) is 0 Å². The summed E-state index contributed by atoms with van der Waals surface area (Å²) >= 11 is 0. The molecule has 0 spiro atoms. The smallest absolute Gasteiger partial charge is 0.512 e. The number of hydrogen-bond donors (Lipinski definition) is 2. The second-order valence-corrected chi connectivity index (χ2v) is 5.36. The molecule has 0 aliphatic heterocycles. The lowest BCUT2D eigenvalue weighted by Crippen LogP contribution is -2.20. The van der Waals surface area contributed by atoms with Crippen molar-refractivity contribution in [1.29, 1.82) is 0 Å². The zero-order chi connectivity index (χ0) is 16.9. The molecule has 3 rings (SSSR count). The Labute approximate surface area is 140 Å². The maximum atomic E-state index is 8.78. The molecule has 0 radical (unpaired) electrons. The fourth-order valence-corrected chi connectivity index (χ4v) is 2.44. The van der Waals surface area contributed by atoms with Gasteiger partial charge in [0.1, 0.15) is 18.1 Å². The molecule has 2 aromatic carbocycles. The van der Waals surface area contributed by atoms with Crippen LogP contribution in [-0.2, 0) is 13.0 Å². The highest BCUT2D eigenvalue weighted by Gasteiger charge is 2.11. The van der Waals surface area contributed by atoms with Crippen molar-refractivity contribution in [1.82, 2.24) is 4.98 Å². The van der Waals surface area contributed by atoms with Crippen molar-refractivity contribution in [3.8, 4) is 11.5 Å². The number of para-hydroxylation sites is 1. The van der Waals surface area contributed by atoms with Crippen LogP contribution in [0.15, 0.2) is 54.6 Å². The van der Waals surface area contributed by atoms with E-state index in [0.717, 1.165) is 34.3 Å². The van der Waals surface area contributed by atoms with Gasteiger partial charge in [0.25, 0.3) is 0 Å². The monoisotopic (exact) mass is 323 g/mol. The Kier molecular flexibility index (Phi) is 4.98. The molecule has 0 amide bonds. The van der Waals surface area contributed by atoms with Crippen molar-refractivity contribution >= 4 is 18.2 Å². The molecular weight excluding hydrogens is 305 g/mol. The number of ether oxygens (including phenoxy) is 1. The number of fused-ring (bicyclic) bond motifs is 1. The average Bonchev–Trinajstić information content (AvgIpc) is 2.60. The fraction of sp³-hybridized carbons (Fsp3) is 0.167. The minimum Gasteiger partial charge on any atom is -0.512 e. The Balaban J connectivity index is 1.78. The molecule has 2 N–H and O–H groups in total. The number of aryl methyl sites for hydroxylation is 1. The van der Waals surface area contributed by atoms with E-state index in [-0.39, 0.29) is 0 Å². The van der Waals surface area contributed by atoms with E-state index in [1.54, 1.807) is 12.1 Å². The van der Waals surface area contributed by atoms with E-state index in [1.807, 2.05) is 42.5 Å². The van der Waals surface area contributed by atoms with Crippen LogP contribution >= 0.6 is 0 Å². The van der Waals surface area contributed by atoms with Gasteiger partial charge in [-0.1, -0.05) is 31.2 Å². The molecule has 122 valence electrons. The molecule has 0 unspecified atom stereocenters. The molecule has 0 fully saturated rings. The second-order valence-electron chi connectivity index (χ2n) is 5.36. The Bertz CT molecular complexity index is 821. The second kappa shape index (κ2) is 7.34. The number of hydrogen-bond acceptors (Lipinski definition) is 5. The summed E-state index contributed by atoms with van der Waals surface area (Å²) in [7, 11) is -1.82. The summed E-state index contributed by atoms with van der Waals surface area (Å²) in [6, 6.07) is 16.9. The lowest BCUT2D eigenvalue weighted by atomic mass is 10.1. The lowest BCUT2D eigenvalue weighted by Gasteiger charge is -2.11. The van der Waals surface area contributed by atoms with Crippen molar-refractivity contribution in [2.45, 2.75) is 20.0 Å². The zero-order valence-electron chi connectivity index (χ0n) is 13.3. The molecule has 1 heterocycles. The maximum absolute atomic E-state index is 8.78. The predicted octanol–water partition coefficient (Wildman–Crippen LogP) is 2.72. The van der Waals surface area contributed by atoms with Crippen molar-refractivity contribution in [2.75, 3.05) is 0 Å². The highest BCUT2D eigenvalue weighted by molar-refractivity contribution is 6.33. The van der Waals surface area contributed by atoms with E-state index in [9.17, 15) is 0 Å². The van der Waals surface area contributed by atoms with Crippen molar-refractivity contribution in [2.24, 2.45) is 0 Å².